The normalized spacial score (nSPS) is 12.3. The van der Waals surface area contributed by atoms with E-state index in [1.807, 2.05) is 36.8 Å². The van der Waals surface area contributed by atoms with Gasteiger partial charge >= 0.3 is 6.18 Å². The summed E-state index contributed by atoms with van der Waals surface area (Å²) in [4.78, 5) is 14.7. The highest BCUT2D eigenvalue weighted by atomic mass is 32.2. The van der Waals surface area contributed by atoms with Crippen molar-refractivity contribution in [3.63, 3.8) is 0 Å². The van der Waals surface area contributed by atoms with Gasteiger partial charge in [-0.3, -0.25) is 4.79 Å². The molecule has 3 aromatic rings. The number of halogens is 3. The van der Waals surface area contributed by atoms with E-state index in [1.54, 1.807) is 0 Å². The number of carbonyl (C=O) groups is 1. The number of hydrogen-bond donors (Lipinski definition) is 3. The largest absolute Gasteiger partial charge is 0.416 e. The molecule has 0 aliphatic carbocycles. The van der Waals surface area contributed by atoms with Gasteiger partial charge in [0.25, 0.3) is 0 Å². The first-order chi connectivity index (χ1) is 14.0. The molecule has 10 heteroatoms. The first-order valence-electron chi connectivity index (χ1n) is 8.99. The summed E-state index contributed by atoms with van der Waals surface area (Å²) in [5, 5.41) is 3.63. The van der Waals surface area contributed by atoms with Crippen LogP contribution in [0.3, 0.4) is 0 Å². The predicted octanol–water partition coefficient (Wildman–Crippen LogP) is 3.40. The van der Waals surface area contributed by atoms with Crippen molar-refractivity contribution in [1.82, 2.24) is 15.0 Å². The molecule has 6 nitrogen and oxygen atoms in total. The highest BCUT2D eigenvalue weighted by Crippen LogP contribution is 2.30. The Morgan fingerprint density at radius 1 is 1.10 bits per heavy atom. The maximum absolute atomic E-state index is 12.8. The van der Waals surface area contributed by atoms with Crippen LogP contribution in [0.15, 0.2) is 47.4 Å². The van der Waals surface area contributed by atoms with Gasteiger partial charge in [-0.1, -0.05) is 12.1 Å². The van der Waals surface area contributed by atoms with Crippen LogP contribution in [0.2, 0.25) is 0 Å². The zero-order valence-corrected chi connectivity index (χ0v) is 17.0. The smallest absolute Gasteiger partial charge is 0.358 e. The van der Waals surface area contributed by atoms with Crippen molar-refractivity contribution in [3.05, 3.63) is 64.8 Å². The van der Waals surface area contributed by atoms with Gasteiger partial charge in [0.05, 0.1) is 17.0 Å². The van der Waals surface area contributed by atoms with E-state index in [2.05, 4.69) is 10.3 Å². The van der Waals surface area contributed by atoms with E-state index in [0.29, 0.717) is 6.07 Å². The minimum absolute atomic E-state index is 0.184. The molecule has 3 rings (SSSR count). The number of benzene rings is 2. The summed E-state index contributed by atoms with van der Waals surface area (Å²) < 4.78 is 64.8. The van der Waals surface area contributed by atoms with Crippen LogP contribution in [-0.4, -0.2) is 25.9 Å². The van der Waals surface area contributed by atoms with E-state index < -0.39 is 39.1 Å². The fourth-order valence-corrected chi connectivity index (χ4v) is 3.99. The van der Waals surface area contributed by atoms with Gasteiger partial charge in [0.2, 0.25) is 15.9 Å². The van der Waals surface area contributed by atoms with Gasteiger partial charge in [0.1, 0.15) is 0 Å². The fourth-order valence-electron chi connectivity index (χ4n) is 2.96. The predicted molar refractivity (Wildman–Crippen MR) is 106 cm³/mol. The number of aryl methyl sites for hydroxylation is 2. The summed E-state index contributed by atoms with van der Waals surface area (Å²) in [5.74, 6) is -0.604. The molecule has 0 atom stereocenters. The van der Waals surface area contributed by atoms with Crippen LogP contribution in [0.4, 0.5) is 13.2 Å². The number of hydrogen-bond acceptors (Lipinski definition) is 3. The second-order valence-electron chi connectivity index (χ2n) is 6.88. The Balaban J connectivity index is 1.61. The molecule has 0 fully saturated rings. The summed E-state index contributed by atoms with van der Waals surface area (Å²) in [6.45, 7) is 3.54. The number of H-pyrrole nitrogens is 1. The number of rotatable bonds is 6. The number of aromatic amines is 1. The molecule has 0 aliphatic rings. The second kappa shape index (κ2) is 8.11. The zero-order valence-electron chi connectivity index (χ0n) is 16.2. The third-order valence-electron chi connectivity index (χ3n) is 4.76. The fraction of sp³-hybridized carbons (Fsp3) is 0.250. The maximum atomic E-state index is 12.8. The van der Waals surface area contributed by atoms with E-state index in [9.17, 15) is 26.4 Å². The van der Waals surface area contributed by atoms with Gasteiger partial charge in [0, 0.05) is 23.1 Å². The van der Waals surface area contributed by atoms with Crippen molar-refractivity contribution in [1.29, 1.82) is 0 Å². The van der Waals surface area contributed by atoms with E-state index in [-0.39, 0.29) is 6.54 Å². The van der Waals surface area contributed by atoms with Gasteiger partial charge in [-0.2, -0.15) is 13.2 Å². The van der Waals surface area contributed by atoms with Crippen LogP contribution < -0.4 is 10.0 Å². The lowest BCUT2D eigenvalue weighted by atomic mass is 10.1. The molecule has 0 saturated carbocycles. The molecule has 1 amide bonds. The van der Waals surface area contributed by atoms with Crippen LogP contribution in [0.25, 0.3) is 10.9 Å². The zero-order chi connectivity index (χ0) is 22.1. The van der Waals surface area contributed by atoms with Crippen molar-refractivity contribution < 1.29 is 26.4 Å². The van der Waals surface area contributed by atoms with Crippen molar-refractivity contribution in [3.8, 4) is 0 Å². The average Bonchev–Trinajstić information content (AvgIpc) is 2.98. The molecule has 3 N–H and O–H groups in total. The lowest BCUT2D eigenvalue weighted by molar-refractivity contribution is -0.137. The Kier molecular flexibility index (Phi) is 5.91. The van der Waals surface area contributed by atoms with Crippen LogP contribution in [-0.2, 0) is 27.5 Å². The Hall–Kier alpha value is -2.85. The molecule has 2 aromatic carbocycles. The minimum Gasteiger partial charge on any atom is -0.358 e. The molecule has 30 heavy (non-hydrogen) atoms. The Morgan fingerprint density at radius 2 is 1.83 bits per heavy atom. The lowest BCUT2D eigenvalue weighted by Gasteiger charge is -2.11. The summed E-state index contributed by atoms with van der Waals surface area (Å²) in [6, 6.07) is 9.00. The van der Waals surface area contributed by atoms with Crippen LogP contribution in [0, 0.1) is 13.8 Å². The minimum atomic E-state index is -4.67. The summed E-state index contributed by atoms with van der Waals surface area (Å²) in [5.41, 5.74) is 2.88. The molecule has 160 valence electrons. The topological polar surface area (TPSA) is 91.1 Å². The number of nitrogens with one attached hydrogen (secondary N) is 3. The van der Waals surface area contributed by atoms with Crippen molar-refractivity contribution in [2.75, 3.05) is 6.54 Å². The van der Waals surface area contributed by atoms with Gasteiger partial charge in [-0.05, 0) is 55.3 Å². The molecule has 0 unspecified atom stereocenters. The number of amides is 1. The molecule has 0 radical (unpaired) electrons. The van der Waals surface area contributed by atoms with Crippen LogP contribution >= 0.6 is 0 Å². The van der Waals surface area contributed by atoms with E-state index in [4.69, 9.17) is 0 Å². The summed E-state index contributed by atoms with van der Waals surface area (Å²) in [7, 11) is -4.27. The number of alkyl halides is 3. The molecule has 1 heterocycles. The molecular weight excluding hydrogens is 419 g/mol. The standard InChI is InChI=1S/C20H20F3N3O3S/c1-12-13(2)26-18-7-6-14(8-17(12)18)10-24-19(27)11-25-30(28,29)16-5-3-4-15(9-16)20(21,22)23/h3-9,25-26H,10-11H2,1-2H3,(H,24,27). The first kappa shape index (κ1) is 21.8. The Bertz CT molecular complexity index is 1200. The van der Waals surface area contributed by atoms with Gasteiger partial charge in [-0.15, -0.1) is 0 Å². The van der Waals surface area contributed by atoms with Gasteiger partial charge in [0.15, 0.2) is 0 Å². The SMILES string of the molecule is Cc1[nH]c2ccc(CNC(=O)CNS(=O)(=O)c3cccc(C(F)(F)F)c3)cc2c1C. The average molecular weight is 439 g/mol. The van der Waals surface area contributed by atoms with E-state index in [0.717, 1.165) is 45.9 Å². The molecule has 0 spiro atoms. The molecule has 0 aliphatic heterocycles. The van der Waals surface area contributed by atoms with Crippen LogP contribution in [0.1, 0.15) is 22.4 Å². The summed E-state index contributed by atoms with van der Waals surface area (Å²) in [6.07, 6.45) is -4.67. The lowest BCUT2D eigenvalue weighted by Crippen LogP contribution is -2.36. The van der Waals surface area contributed by atoms with Crippen molar-refractivity contribution >= 4 is 26.8 Å². The van der Waals surface area contributed by atoms with Gasteiger partial charge in [-0.25, -0.2) is 13.1 Å². The monoisotopic (exact) mass is 439 g/mol. The molecular formula is C20H20F3N3O3S. The first-order valence-corrected chi connectivity index (χ1v) is 10.5. The Labute approximate surface area is 171 Å². The molecule has 0 bridgehead atoms. The highest BCUT2D eigenvalue weighted by Gasteiger charge is 2.31. The highest BCUT2D eigenvalue weighted by molar-refractivity contribution is 7.89. The van der Waals surface area contributed by atoms with Crippen molar-refractivity contribution in [2.45, 2.75) is 31.5 Å². The number of sulfonamides is 1. The second-order valence-corrected chi connectivity index (χ2v) is 8.65. The van der Waals surface area contributed by atoms with E-state index >= 15 is 0 Å². The number of aromatic nitrogens is 1. The maximum Gasteiger partial charge on any atom is 0.416 e. The molecule has 0 saturated heterocycles. The van der Waals surface area contributed by atoms with Crippen LogP contribution in [0.5, 0.6) is 0 Å². The van der Waals surface area contributed by atoms with Crippen molar-refractivity contribution in [2.24, 2.45) is 0 Å². The third-order valence-corrected chi connectivity index (χ3v) is 6.16. The van der Waals surface area contributed by atoms with E-state index in [1.165, 1.54) is 0 Å². The quantitative estimate of drug-likeness (QED) is 0.550. The summed E-state index contributed by atoms with van der Waals surface area (Å²) >= 11 is 0. The Morgan fingerprint density at radius 3 is 2.53 bits per heavy atom. The molecule has 1 aromatic heterocycles. The number of carbonyl (C=O) groups excluding carboxylic acids is 1. The third kappa shape index (κ3) is 4.82. The number of fused-ring (bicyclic) bond motifs is 1. The van der Waals surface area contributed by atoms with Gasteiger partial charge < -0.3 is 10.3 Å².